The lowest BCUT2D eigenvalue weighted by atomic mass is 10.1. The lowest BCUT2D eigenvalue weighted by Gasteiger charge is -2.04. The summed E-state index contributed by atoms with van der Waals surface area (Å²) in [6.07, 6.45) is 0.428. The molecule has 0 saturated heterocycles. The van der Waals surface area contributed by atoms with E-state index in [0.29, 0.717) is 24.3 Å². The second kappa shape index (κ2) is 6.75. The number of benzene rings is 1. The molecule has 3 aromatic rings. The number of hydrogen-bond donors (Lipinski definition) is 1. The van der Waals surface area contributed by atoms with Crippen LogP contribution in [0.1, 0.15) is 21.1 Å². The van der Waals surface area contributed by atoms with Gasteiger partial charge in [0.1, 0.15) is 11.5 Å². The molecule has 0 spiro atoms. The maximum Gasteiger partial charge on any atom is 0.287 e. The van der Waals surface area contributed by atoms with Gasteiger partial charge in [0.05, 0.1) is 5.01 Å². The van der Waals surface area contributed by atoms with E-state index in [-0.39, 0.29) is 17.5 Å². The lowest BCUT2D eigenvalue weighted by molar-refractivity contribution is 0.0927. The number of halogens is 1. The van der Waals surface area contributed by atoms with Crippen molar-refractivity contribution in [2.75, 3.05) is 6.54 Å². The van der Waals surface area contributed by atoms with Crippen molar-refractivity contribution in [2.45, 2.75) is 13.3 Å². The number of amides is 1. The minimum Gasteiger partial charge on any atom is -0.449 e. The molecule has 0 aliphatic heterocycles. The van der Waals surface area contributed by atoms with Crippen molar-refractivity contribution in [2.24, 2.45) is 0 Å². The summed E-state index contributed by atoms with van der Waals surface area (Å²) in [5, 5.41) is 5.55. The van der Waals surface area contributed by atoms with Crippen LogP contribution >= 0.6 is 11.3 Å². The minimum absolute atomic E-state index is 0.221. The Morgan fingerprint density at radius 3 is 2.87 bits per heavy atom. The third-order valence-corrected chi connectivity index (χ3v) is 4.11. The Labute approximate surface area is 137 Å². The highest BCUT2D eigenvalue weighted by molar-refractivity contribution is 7.09. The van der Waals surface area contributed by atoms with Crippen LogP contribution in [0.4, 0.5) is 4.39 Å². The average Bonchev–Trinajstić information content (AvgIpc) is 3.18. The summed E-state index contributed by atoms with van der Waals surface area (Å²) in [6, 6.07) is 9.86. The molecule has 0 saturated carbocycles. The first-order valence-corrected chi connectivity index (χ1v) is 8.05. The van der Waals surface area contributed by atoms with E-state index in [9.17, 15) is 9.18 Å². The minimum atomic E-state index is -0.320. The van der Waals surface area contributed by atoms with Gasteiger partial charge in [-0.05, 0) is 37.1 Å². The van der Waals surface area contributed by atoms with E-state index in [4.69, 9.17) is 4.42 Å². The van der Waals surface area contributed by atoms with Gasteiger partial charge in [0.15, 0.2) is 11.5 Å². The zero-order valence-corrected chi connectivity index (χ0v) is 13.3. The zero-order valence-electron chi connectivity index (χ0n) is 12.5. The second-order valence-corrected chi connectivity index (χ2v) is 6.08. The van der Waals surface area contributed by atoms with Gasteiger partial charge in [-0.25, -0.2) is 9.37 Å². The summed E-state index contributed by atoms with van der Waals surface area (Å²) < 4.78 is 19.0. The fraction of sp³-hybridized carbons (Fsp3) is 0.176. The Bertz CT molecular complexity index is 825. The average molecular weight is 330 g/mol. The van der Waals surface area contributed by atoms with E-state index in [1.165, 1.54) is 17.4 Å². The van der Waals surface area contributed by atoms with Crippen molar-refractivity contribution in [1.82, 2.24) is 10.3 Å². The van der Waals surface area contributed by atoms with Crippen molar-refractivity contribution in [3.63, 3.8) is 0 Å². The summed E-state index contributed by atoms with van der Waals surface area (Å²) in [7, 11) is 0. The number of hydrogen-bond acceptors (Lipinski definition) is 4. The molecule has 1 N–H and O–H groups in total. The first kappa shape index (κ1) is 15.4. The summed E-state index contributed by atoms with van der Waals surface area (Å²) in [4.78, 5) is 16.4. The standard InChI is InChI=1S/C17H15FN2O2S/c1-11-20-14(10-23-11)15-6-7-16(22-15)17(21)19-9-8-12-4-2-3-5-13(12)18/h2-7,10H,8-9H2,1H3,(H,19,21). The molecule has 0 aliphatic rings. The molecule has 0 fully saturated rings. The van der Waals surface area contributed by atoms with Crippen LogP contribution < -0.4 is 5.32 Å². The number of carbonyl (C=O) groups excluding carboxylic acids is 1. The number of aryl methyl sites for hydroxylation is 1. The van der Waals surface area contributed by atoms with Gasteiger partial charge in [-0.3, -0.25) is 4.79 Å². The third kappa shape index (κ3) is 3.65. The van der Waals surface area contributed by atoms with Crippen LogP contribution in [0, 0.1) is 12.7 Å². The van der Waals surface area contributed by atoms with Crippen molar-refractivity contribution < 1.29 is 13.6 Å². The van der Waals surface area contributed by atoms with Crippen molar-refractivity contribution in [1.29, 1.82) is 0 Å². The van der Waals surface area contributed by atoms with Crippen LogP contribution in [0.5, 0.6) is 0 Å². The molecule has 0 atom stereocenters. The molecule has 4 nitrogen and oxygen atoms in total. The lowest BCUT2D eigenvalue weighted by Crippen LogP contribution is -2.25. The highest BCUT2D eigenvalue weighted by atomic mass is 32.1. The van der Waals surface area contributed by atoms with E-state index < -0.39 is 0 Å². The Kier molecular flexibility index (Phi) is 4.52. The summed E-state index contributed by atoms with van der Waals surface area (Å²) in [5.74, 6) is 0.202. The van der Waals surface area contributed by atoms with Crippen molar-refractivity contribution in [3.05, 3.63) is 63.9 Å². The molecule has 118 valence electrons. The summed E-state index contributed by atoms with van der Waals surface area (Å²) in [5.41, 5.74) is 1.30. The molecular formula is C17H15FN2O2S. The molecule has 1 amide bonds. The maximum atomic E-state index is 13.5. The monoisotopic (exact) mass is 330 g/mol. The first-order valence-electron chi connectivity index (χ1n) is 7.17. The van der Waals surface area contributed by atoms with Crippen LogP contribution in [-0.2, 0) is 6.42 Å². The van der Waals surface area contributed by atoms with Gasteiger partial charge < -0.3 is 9.73 Å². The fourth-order valence-corrected chi connectivity index (χ4v) is 2.78. The molecule has 0 unspecified atom stereocenters. The van der Waals surface area contributed by atoms with Crippen LogP contribution in [-0.4, -0.2) is 17.4 Å². The summed E-state index contributed by atoms with van der Waals surface area (Å²) >= 11 is 1.52. The van der Waals surface area contributed by atoms with Gasteiger partial charge in [-0.1, -0.05) is 18.2 Å². The van der Waals surface area contributed by atoms with Gasteiger partial charge in [0.25, 0.3) is 5.91 Å². The van der Waals surface area contributed by atoms with Crippen molar-refractivity contribution in [3.8, 4) is 11.5 Å². The van der Waals surface area contributed by atoms with E-state index in [2.05, 4.69) is 10.3 Å². The number of carbonyl (C=O) groups is 1. The molecule has 6 heteroatoms. The Morgan fingerprint density at radius 1 is 1.30 bits per heavy atom. The zero-order chi connectivity index (χ0) is 16.2. The fourth-order valence-electron chi connectivity index (χ4n) is 2.17. The Hall–Kier alpha value is -2.47. The topological polar surface area (TPSA) is 55.1 Å². The molecule has 3 rings (SSSR count). The first-order chi connectivity index (χ1) is 11.1. The third-order valence-electron chi connectivity index (χ3n) is 3.34. The number of aromatic nitrogens is 1. The maximum absolute atomic E-state index is 13.5. The predicted octanol–water partition coefficient (Wildman–Crippen LogP) is 3.82. The molecular weight excluding hydrogens is 315 g/mol. The van der Waals surface area contributed by atoms with Gasteiger partial charge >= 0.3 is 0 Å². The Morgan fingerprint density at radius 2 is 2.13 bits per heavy atom. The highest BCUT2D eigenvalue weighted by Crippen LogP contribution is 2.23. The Balaban J connectivity index is 1.59. The van der Waals surface area contributed by atoms with E-state index in [1.807, 2.05) is 12.3 Å². The van der Waals surface area contributed by atoms with Crippen LogP contribution in [0.25, 0.3) is 11.5 Å². The second-order valence-electron chi connectivity index (χ2n) is 5.01. The molecule has 1 aromatic carbocycles. The SMILES string of the molecule is Cc1nc(-c2ccc(C(=O)NCCc3ccccc3F)o2)cs1. The number of thiazole rings is 1. The molecule has 23 heavy (non-hydrogen) atoms. The van der Waals surface area contributed by atoms with Crippen molar-refractivity contribution >= 4 is 17.2 Å². The normalized spacial score (nSPS) is 10.7. The molecule has 2 aromatic heterocycles. The van der Waals surface area contributed by atoms with E-state index in [1.54, 1.807) is 30.3 Å². The molecule has 0 bridgehead atoms. The van der Waals surface area contributed by atoms with Gasteiger partial charge in [0.2, 0.25) is 0 Å². The van der Waals surface area contributed by atoms with E-state index >= 15 is 0 Å². The van der Waals surface area contributed by atoms with Crippen LogP contribution in [0.2, 0.25) is 0 Å². The number of furan rings is 1. The highest BCUT2D eigenvalue weighted by Gasteiger charge is 2.13. The van der Waals surface area contributed by atoms with Gasteiger partial charge in [-0.2, -0.15) is 0 Å². The van der Waals surface area contributed by atoms with Crippen LogP contribution in [0.3, 0.4) is 0 Å². The quantitative estimate of drug-likeness (QED) is 0.774. The molecule has 0 aliphatic carbocycles. The van der Waals surface area contributed by atoms with E-state index in [0.717, 1.165) is 10.7 Å². The van der Waals surface area contributed by atoms with Gasteiger partial charge in [0, 0.05) is 11.9 Å². The largest absolute Gasteiger partial charge is 0.449 e. The summed E-state index contributed by atoms with van der Waals surface area (Å²) in [6.45, 7) is 2.25. The predicted molar refractivity (Wildman–Crippen MR) is 87.0 cm³/mol. The van der Waals surface area contributed by atoms with Gasteiger partial charge in [-0.15, -0.1) is 11.3 Å². The number of nitrogens with zero attached hydrogens (tertiary/aromatic N) is 1. The molecule has 0 radical (unpaired) electrons. The number of nitrogens with one attached hydrogen (secondary N) is 1. The number of rotatable bonds is 5. The molecule has 2 heterocycles. The smallest absolute Gasteiger partial charge is 0.287 e. The van der Waals surface area contributed by atoms with Crippen LogP contribution in [0.15, 0.2) is 46.2 Å².